The Kier molecular flexibility index (Phi) is 7.00. The van der Waals surface area contributed by atoms with Gasteiger partial charge in [-0.25, -0.2) is 8.42 Å². The van der Waals surface area contributed by atoms with Gasteiger partial charge in [-0.1, -0.05) is 47.1 Å². The lowest BCUT2D eigenvalue weighted by molar-refractivity contribution is -0.121. The van der Waals surface area contributed by atoms with E-state index in [1.807, 2.05) is 30.3 Å². The van der Waals surface area contributed by atoms with Gasteiger partial charge in [0, 0.05) is 24.4 Å². The average Bonchev–Trinajstić information content (AvgIpc) is 3.14. The van der Waals surface area contributed by atoms with Gasteiger partial charge >= 0.3 is 0 Å². The summed E-state index contributed by atoms with van der Waals surface area (Å²) in [4.78, 5) is 16.2. The van der Waals surface area contributed by atoms with Crippen LogP contribution in [0.2, 0.25) is 5.02 Å². The highest BCUT2D eigenvalue weighted by Gasteiger charge is 2.19. The number of aryl methyl sites for hydroxylation is 1. The number of amides is 1. The molecule has 0 saturated carbocycles. The quantitative estimate of drug-likeness (QED) is 0.556. The molecule has 0 aliphatic carbocycles. The van der Waals surface area contributed by atoms with Crippen molar-refractivity contribution in [1.82, 2.24) is 15.5 Å². The van der Waals surface area contributed by atoms with Gasteiger partial charge in [-0.15, -0.1) is 0 Å². The van der Waals surface area contributed by atoms with Crippen LogP contribution in [0.3, 0.4) is 0 Å². The van der Waals surface area contributed by atoms with Crippen LogP contribution in [0.5, 0.6) is 0 Å². The Morgan fingerprint density at radius 2 is 1.76 bits per heavy atom. The van der Waals surface area contributed by atoms with E-state index in [1.54, 1.807) is 0 Å². The minimum atomic E-state index is -3.61. The van der Waals surface area contributed by atoms with Crippen molar-refractivity contribution in [2.45, 2.75) is 29.9 Å². The fourth-order valence-corrected chi connectivity index (χ4v) is 3.95. The number of aromatic nitrogens is 2. The van der Waals surface area contributed by atoms with Crippen molar-refractivity contribution in [2.75, 3.05) is 6.54 Å². The second kappa shape index (κ2) is 9.67. The molecule has 0 aliphatic heterocycles. The monoisotopic (exact) mass is 433 g/mol. The molecule has 152 valence electrons. The molecule has 0 atom stereocenters. The first-order valence-corrected chi connectivity index (χ1v) is 11.1. The van der Waals surface area contributed by atoms with Gasteiger partial charge in [-0.05, 0) is 36.2 Å². The van der Waals surface area contributed by atoms with Crippen molar-refractivity contribution in [3.8, 4) is 0 Å². The summed E-state index contributed by atoms with van der Waals surface area (Å²) < 4.78 is 29.9. The lowest BCUT2D eigenvalue weighted by Crippen LogP contribution is -2.25. The second-order valence-electron chi connectivity index (χ2n) is 6.40. The van der Waals surface area contributed by atoms with E-state index in [0.717, 1.165) is 12.0 Å². The van der Waals surface area contributed by atoms with Gasteiger partial charge in [-0.3, -0.25) is 4.79 Å². The maximum Gasteiger partial charge on any atom is 0.227 e. The Bertz CT molecular complexity index is 1050. The summed E-state index contributed by atoms with van der Waals surface area (Å²) in [5, 5.41) is 6.99. The van der Waals surface area contributed by atoms with Crippen LogP contribution in [0.1, 0.15) is 23.7 Å². The molecule has 9 heteroatoms. The first kappa shape index (κ1) is 21.0. The molecule has 1 N–H and O–H groups in total. The van der Waals surface area contributed by atoms with Crippen LogP contribution in [-0.4, -0.2) is 31.0 Å². The number of carbonyl (C=O) groups is 1. The van der Waals surface area contributed by atoms with E-state index in [-0.39, 0.29) is 41.1 Å². The summed E-state index contributed by atoms with van der Waals surface area (Å²) in [6.45, 7) is 0.539. The molecule has 3 rings (SSSR count). The number of halogens is 1. The van der Waals surface area contributed by atoms with Gasteiger partial charge < -0.3 is 9.84 Å². The molecule has 0 saturated heterocycles. The maximum absolute atomic E-state index is 12.4. The van der Waals surface area contributed by atoms with E-state index in [4.69, 9.17) is 16.1 Å². The Labute approximate surface area is 174 Å². The highest BCUT2D eigenvalue weighted by molar-refractivity contribution is 7.90. The Hall–Kier alpha value is -2.71. The normalized spacial score (nSPS) is 11.3. The van der Waals surface area contributed by atoms with E-state index < -0.39 is 9.84 Å². The number of hydrogen-bond donors (Lipinski definition) is 1. The van der Waals surface area contributed by atoms with Crippen LogP contribution in [0.4, 0.5) is 0 Å². The molecule has 29 heavy (non-hydrogen) atoms. The molecule has 2 aromatic carbocycles. The number of benzene rings is 2. The topological polar surface area (TPSA) is 102 Å². The van der Waals surface area contributed by atoms with Crippen molar-refractivity contribution in [3.63, 3.8) is 0 Å². The molecular formula is C20H20ClN3O4S. The molecule has 1 amide bonds. The van der Waals surface area contributed by atoms with E-state index in [1.165, 1.54) is 24.3 Å². The Morgan fingerprint density at radius 3 is 2.48 bits per heavy atom. The average molecular weight is 434 g/mol. The summed E-state index contributed by atoms with van der Waals surface area (Å²) in [7, 11) is -3.61. The van der Waals surface area contributed by atoms with Crippen LogP contribution in [0.15, 0.2) is 64.0 Å². The summed E-state index contributed by atoms with van der Waals surface area (Å²) in [6.07, 6.45) is 1.17. The third-order valence-corrected chi connectivity index (χ3v) is 6.03. The maximum atomic E-state index is 12.4. The van der Waals surface area contributed by atoms with Crippen molar-refractivity contribution >= 4 is 27.3 Å². The highest BCUT2D eigenvalue weighted by Crippen LogP contribution is 2.18. The van der Waals surface area contributed by atoms with Gasteiger partial charge in [0.15, 0.2) is 15.7 Å². The lowest BCUT2D eigenvalue weighted by atomic mass is 10.1. The summed E-state index contributed by atoms with van der Waals surface area (Å²) in [5.41, 5.74) is 1.15. The number of rotatable bonds is 9. The van der Waals surface area contributed by atoms with Gasteiger partial charge in [-0.2, -0.15) is 4.98 Å². The lowest BCUT2D eigenvalue weighted by Gasteiger charge is -2.04. The highest BCUT2D eigenvalue weighted by atomic mass is 35.5. The predicted octanol–water partition coefficient (Wildman–Crippen LogP) is 2.99. The molecule has 0 radical (unpaired) electrons. The zero-order valence-electron chi connectivity index (χ0n) is 15.5. The van der Waals surface area contributed by atoms with E-state index >= 15 is 0 Å². The second-order valence-corrected chi connectivity index (χ2v) is 8.83. The molecule has 7 nitrogen and oxygen atoms in total. The first-order valence-electron chi connectivity index (χ1n) is 9.03. The number of carbonyl (C=O) groups excluding carboxylic acids is 1. The van der Waals surface area contributed by atoms with Crippen molar-refractivity contribution in [2.24, 2.45) is 0 Å². The predicted molar refractivity (Wildman–Crippen MR) is 108 cm³/mol. The smallest absolute Gasteiger partial charge is 0.227 e. The Balaban J connectivity index is 1.46. The summed E-state index contributed by atoms with van der Waals surface area (Å²) in [6, 6.07) is 15.7. The van der Waals surface area contributed by atoms with Crippen molar-refractivity contribution in [1.29, 1.82) is 0 Å². The zero-order valence-corrected chi connectivity index (χ0v) is 17.1. The minimum Gasteiger partial charge on any atom is -0.356 e. The van der Waals surface area contributed by atoms with Gasteiger partial charge in [0.25, 0.3) is 0 Å². The van der Waals surface area contributed by atoms with Crippen LogP contribution in [0, 0.1) is 0 Å². The molecule has 1 aromatic heterocycles. The number of sulfone groups is 1. The molecule has 0 bridgehead atoms. The fourth-order valence-electron chi connectivity index (χ4n) is 2.65. The van der Waals surface area contributed by atoms with E-state index in [2.05, 4.69) is 15.5 Å². The van der Waals surface area contributed by atoms with Crippen LogP contribution in [-0.2, 0) is 33.2 Å². The molecule has 3 aromatic rings. The van der Waals surface area contributed by atoms with Crippen molar-refractivity contribution < 1.29 is 17.7 Å². The zero-order chi connectivity index (χ0) is 20.7. The first-order chi connectivity index (χ1) is 13.9. The largest absolute Gasteiger partial charge is 0.356 e. The minimum absolute atomic E-state index is 0.0550. The fraction of sp³-hybridized carbons (Fsp3) is 0.250. The van der Waals surface area contributed by atoms with Crippen LogP contribution in [0.25, 0.3) is 0 Å². The van der Waals surface area contributed by atoms with E-state index in [0.29, 0.717) is 11.6 Å². The van der Waals surface area contributed by atoms with Gasteiger partial charge in [0.2, 0.25) is 11.8 Å². The number of nitrogens with zero attached hydrogens (tertiary/aromatic N) is 2. The number of hydrogen-bond acceptors (Lipinski definition) is 6. The number of nitrogens with one attached hydrogen (secondary N) is 1. The van der Waals surface area contributed by atoms with Gasteiger partial charge in [0.1, 0.15) is 5.75 Å². The standard InChI is InChI=1S/C20H20ClN3O4S/c21-16-6-8-17(9-7-16)29(26,27)14-18-23-20(28-24-18)11-10-19(25)22-13-12-15-4-2-1-3-5-15/h1-9H,10-14H2,(H,22,25). The molecular weight excluding hydrogens is 414 g/mol. The molecule has 0 spiro atoms. The van der Waals surface area contributed by atoms with Crippen LogP contribution >= 0.6 is 11.6 Å². The van der Waals surface area contributed by atoms with Gasteiger partial charge in [0.05, 0.1) is 4.90 Å². The summed E-state index contributed by atoms with van der Waals surface area (Å²) >= 11 is 5.78. The third-order valence-electron chi connectivity index (χ3n) is 4.15. The molecule has 1 heterocycles. The molecule has 0 fully saturated rings. The summed E-state index contributed by atoms with van der Waals surface area (Å²) in [5.74, 6) is -0.236. The SMILES string of the molecule is O=C(CCc1nc(CS(=O)(=O)c2ccc(Cl)cc2)no1)NCCc1ccccc1. The van der Waals surface area contributed by atoms with Crippen molar-refractivity contribution in [3.05, 3.63) is 76.9 Å². The molecule has 0 unspecified atom stereocenters. The Morgan fingerprint density at radius 1 is 1.03 bits per heavy atom. The van der Waals surface area contributed by atoms with E-state index in [9.17, 15) is 13.2 Å². The molecule has 0 aliphatic rings. The third kappa shape index (κ3) is 6.40. The van der Waals surface area contributed by atoms with Crippen LogP contribution < -0.4 is 5.32 Å².